The third-order valence-corrected chi connectivity index (χ3v) is 7.08. The highest BCUT2D eigenvalue weighted by atomic mass is 35.5. The molecule has 0 bridgehead atoms. The molecule has 0 fully saturated rings. The van der Waals surface area contributed by atoms with Crippen molar-refractivity contribution in [2.45, 2.75) is 24.9 Å². The summed E-state index contributed by atoms with van der Waals surface area (Å²) in [5.41, 5.74) is 1.71. The fraction of sp³-hybridized carbons (Fsp3) is 0.136. The molecule has 0 radical (unpaired) electrons. The lowest BCUT2D eigenvalue weighted by atomic mass is 10.1. The predicted octanol–water partition coefficient (Wildman–Crippen LogP) is 4.47. The summed E-state index contributed by atoms with van der Waals surface area (Å²) in [5.74, 6) is 0.457. The van der Waals surface area contributed by atoms with Gasteiger partial charge in [0.1, 0.15) is 10.7 Å². The summed E-state index contributed by atoms with van der Waals surface area (Å²) < 4.78 is 33.3. The number of sulfonamides is 1. The van der Waals surface area contributed by atoms with Gasteiger partial charge in [0.25, 0.3) is 5.56 Å². The van der Waals surface area contributed by atoms with Crippen LogP contribution in [0.1, 0.15) is 16.9 Å². The molecular weight excluding hydrogens is 424 g/mol. The van der Waals surface area contributed by atoms with Crippen LogP contribution >= 0.6 is 11.6 Å². The van der Waals surface area contributed by atoms with Crippen molar-refractivity contribution in [1.29, 1.82) is 0 Å². The number of pyridine rings is 1. The molecule has 4 rings (SSSR count). The molecule has 2 heterocycles. The number of H-pyrrole nitrogens is 1. The number of hydrogen-bond acceptors (Lipinski definition) is 4. The minimum Gasteiger partial charge on any atom is -0.468 e. The number of aromatic nitrogens is 1. The Kier molecular flexibility index (Phi) is 5.51. The maximum absolute atomic E-state index is 13.4. The zero-order valence-corrected chi connectivity index (χ0v) is 17.7. The third-order valence-electron chi connectivity index (χ3n) is 4.79. The summed E-state index contributed by atoms with van der Waals surface area (Å²) in [6.07, 6.45) is 1.47. The van der Waals surface area contributed by atoms with Crippen molar-refractivity contribution in [3.05, 3.63) is 99.2 Å². The zero-order chi connectivity index (χ0) is 21.3. The van der Waals surface area contributed by atoms with Crippen LogP contribution in [0, 0.1) is 6.92 Å². The smallest absolute Gasteiger partial charge is 0.252 e. The van der Waals surface area contributed by atoms with Gasteiger partial charge in [-0.05, 0) is 54.3 Å². The number of furan rings is 1. The van der Waals surface area contributed by atoms with E-state index in [1.54, 1.807) is 30.3 Å². The molecule has 6 nitrogen and oxygen atoms in total. The second-order valence-corrected chi connectivity index (χ2v) is 9.31. The maximum atomic E-state index is 13.4. The molecule has 30 heavy (non-hydrogen) atoms. The number of nitrogens with zero attached hydrogens (tertiary/aromatic N) is 1. The van der Waals surface area contributed by atoms with Crippen molar-refractivity contribution in [2.75, 3.05) is 0 Å². The minimum absolute atomic E-state index is 0.0222. The van der Waals surface area contributed by atoms with Crippen molar-refractivity contribution in [2.24, 2.45) is 0 Å². The number of aromatic amines is 1. The highest BCUT2D eigenvalue weighted by Gasteiger charge is 2.28. The molecule has 0 aliphatic carbocycles. The van der Waals surface area contributed by atoms with Gasteiger partial charge in [-0.25, -0.2) is 8.42 Å². The summed E-state index contributed by atoms with van der Waals surface area (Å²) in [7, 11) is -3.99. The van der Waals surface area contributed by atoms with Crippen LogP contribution in [0.5, 0.6) is 0 Å². The summed E-state index contributed by atoms with van der Waals surface area (Å²) in [4.78, 5) is 15.5. The van der Waals surface area contributed by atoms with Gasteiger partial charge in [0.2, 0.25) is 10.0 Å². The second kappa shape index (κ2) is 8.10. The summed E-state index contributed by atoms with van der Waals surface area (Å²) in [5, 5.41) is 0.938. The van der Waals surface area contributed by atoms with Crippen LogP contribution in [-0.2, 0) is 23.1 Å². The lowest BCUT2D eigenvalue weighted by Crippen LogP contribution is -2.32. The Hall–Kier alpha value is -2.87. The van der Waals surface area contributed by atoms with Crippen LogP contribution in [-0.4, -0.2) is 17.7 Å². The number of halogens is 1. The lowest BCUT2D eigenvalue weighted by Gasteiger charge is -2.22. The van der Waals surface area contributed by atoms with Gasteiger partial charge in [-0.2, -0.15) is 4.31 Å². The highest BCUT2D eigenvalue weighted by molar-refractivity contribution is 7.89. The fourth-order valence-electron chi connectivity index (χ4n) is 3.26. The molecule has 0 aliphatic heterocycles. The molecule has 0 atom stereocenters. The van der Waals surface area contributed by atoms with E-state index >= 15 is 0 Å². The quantitative estimate of drug-likeness (QED) is 0.477. The van der Waals surface area contributed by atoms with Crippen molar-refractivity contribution in [1.82, 2.24) is 9.29 Å². The summed E-state index contributed by atoms with van der Waals surface area (Å²) in [6, 6.07) is 17.0. The molecule has 154 valence electrons. The molecule has 1 N–H and O–H groups in total. The highest BCUT2D eigenvalue weighted by Crippen LogP contribution is 2.27. The molecule has 0 saturated carbocycles. The number of aryl methyl sites for hydroxylation is 1. The van der Waals surface area contributed by atoms with Gasteiger partial charge in [-0.1, -0.05) is 35.9 Å². The Labute approximate surface area is 178 Å². The fourth-order valence-corrected chi connectivity index (χ4v) is 5.14. The number of nitrogens with one attached hydrogen (secondary N) is 1. The zero-order valence-electron chi connectivity index (χ0n) is 16.1. The van der Waals surface area contributed by atoms with E-state index in [0.29, 0.717) is 16.8 Å². The van der Waals surface area contributed by atoms with Crippen LogP contribution < -0.4 is 5.56 Å². The number of rotatable bonds is 6. The Morgan fingerprint density at radius 3 is 2.57 bits per heavy atom. The van der Waals surface area contributed by atoms with Crippen LogP contribution in [0.4, 0.5) is 0 Å². The minimum atomic E-state index is -3.99. The van der Waals surface area contributed by atoms with Gasteiger partial charge in [0, 0.05) is 17.6 Å². The van der Waals surface area contributed by atoms with E-state index in [-0.39, 0.29) is 28.6 Å². The van der Waals surface area contributed by atoms with Gasteiger partial charge in [-0.3, -0.25) is 4.79 Å². The van der Waals surface area contributed by atoms with Crippen LogP contribution in [0.15, 0.2) is 81.0 Å². The molecule has 4 aromatic rings. The molecule has 0 saturated heterocycles. The number of benzene rings is 2. The first-order valence-corrected chi connectivity index (χ1v) is 11.1. The van der Waals surface area contributed by atoms with Crippen molar-refractivity contribution in [3.8, 4) is 0 Å². The predicted molar refractivity (Wildman–Crippen MR) is 116 cm³/mol. The Balaban J connectivity index is 1.78. The van der Waals surface area contributed by atoms with Gasteiger partial charge < -0.3 is 9.40 Å². The van der Waals surface area contributed by atoms with Crippen molar-refractivity contribution >= 4 is 32.5 Å². The first kappa shape index (κ1) is 20.4. The Bertz CT molecular complexity index is 1360. The van der Waals surface area contributed by atoms with E-state index in [0.717, 1.165) is 10.9 Å². The normalized spacial score (nSPS) is 12.0. The third kappa shape index (κ3) is 4.05. The molecule has 8 heteroatoms. The molecule has 2 aromatic heterocycles. The van der Waals surface area contributed by atoms with Gasteiger partial charge in [0.05, 0.1) is 17.8 Å². The molecule has 0 aliphatic rings. The Morgan fingerprint density at radius 1 is 1.03 bits per heavy atom. The average molecular weight is 443 g/mol. The molecular formula is C22H19ClN2O4S. The van der Waals surface area contributed by atoms with Crippen molar-refractivity contribution < 1.29 is 12.8 Å². The average Bonchev–Trinajstić information content (AvgIpc) is 3.21. The van der Waals surface area contributed by atoms with Crippen molar-refractivity contribution in [3.63, 3.8) is 0 Å². The molecule has 2 aromatic carbocycles. The van der Waals surface area contributed by atoms with Crippen LogP contribution in [0.2, 0.25) is 5.02 Å². The first-order chi connectivity index (χ1) is 14.3. The van der Waals surface area contributed by atoms with E-state index in [2.05, 4.69) is 4.98 Å². The second-order valence-electron chi connectivity index (χ2n) is 7.00. The summed E-state index contributed by atoms with van der Waals surface area (Å²) in [6.45, 7) is 1.77. The van der Waals surface area contributed by atoms with E-state index in [4.69, 9.17) is 16.0 Å². The topological polar surface area (TPSA) is 83.4 Å². The monoisotopic (exact) mass is 442 g/mol. The van der Waals surface area contributed by atoms with Crippen LogP contribution in [0.25, 0.3) is 10.9 Å². The van der Waals surface area contributed by atoms with E-state index < -0.39 is 10.0 Å². The van der Waals surface area contributed by atoms with E-state index in [1.165, 1.54) is 22.7 Å². The molecule has 0 unspecified atom stereocenters. The van der Waals surface area contributed by atoms with Gasteiger partial charge in [0.15, 0.2) is 0 Å². The van der Waals surface area contributed by atoms with E-state index in [1.807, 2.05) is 25.1 Å². The van der Waals surface area contributed by atoms with Gasteiger partial charge in [-0.15, -0.1) is 0 Å². The summed E-state index contributed by atoms with van der Waals surface area (Å²) >= 11 is 6.16. The van der Waals surface area contributed by atoms with E-state index in [9.17, 15) is 13.2 Å². The molecule has 0 spiro atoms. The van der Waals surface area contributed by atoms with Crippen LogP contribution in [0.3, 0.4) is 0 Å². The largest absolute Gasteiger partial charge is 0.468 e. The SMILES string of the molecule is Cc1ccc2cc(CN(Cc3ccco3)S(=O)(=O)c3ccccc3Cl)c(=O)[nH]c2c1. The van der Waals surface area contributed by atoms with Gasteiger partial charge >= 0.3 is 0 Å². The first-order valence-electron chi connectivity index (χ1n) is 9.24. The standard InChI is InChI=1S/C22H19ClN2O4S/c1-15-8-9-16-12-17(22(26)24-20(16)11-15)13-25(14-18-5-4-10-29-18)30(27,28)21-7-3-2-6-19(21)23/h2-12H,13-14H2,1H3,(H,24,26). The number of hydrogen-bond donors (Lipinski definition) is 1. The number of fused-ring (bicyclic) bond motifs is 1. The maximum Gasteiger partial charge on any atom is 0.252 e. The lowest BCUT2D eigenvalue weighted by molar-refractivity contribution is 0.357. The molecule has 0 amide bonds. The Morgan fingerprint density at radius 2 is 1.83 bits per heavy atom.